The zero-order valence-electron chi connectivity index (χ0n) is 6.88. The van der Waals surface area contributed by atoms with Gasteiger partial charge < -0.3 is 10.0 Å². The van der Waals surface area contributed by atoms with E-state index in [0.29, 0.717) is 6.42 Å². The largest absolute Gasteiger partial charge is 0.382 e. The van der Waals surface area contributed by atoms with Gasteiger partial charge in [-0.25, -0.2) is 0 Å². The monoisotopic (exact) mass is 179 g/mol. The van der Waals surface area contributed by atoms with Crippen molar-refractivity contribution in [1.29, 1.82) is 0 Å². The van der Waals surface area contributed by atoms with Gasteiger partial charge in [-0.05, 0) is 0 Å². The summed E-state index contributed by atoms with van der Waals surface area (Å²) in [4.78, 5) is 23.7. The molecule has 0 radical (unpaired) electrons. The summed E-state index contributed by atoms with van der Waals surface area (Å²) in [6, 6.07) is -0.501. The van der Waals surface area contributed by atoms with Crippen LogP contribution in [-0.2, 0) is 9.59 Å². The van der Waals surface area contributed by atoms with E-state index in [1.807, 2.05) is 0 Å². The van der Waals surface area contributed by atoms with Crippen molar-refractivity contribution < 1.29 is 14.7 Å². The van der Waals surface area contributed by atoms with Gasteiger partial charge in [-0.2, -0.15) is 0 Å². The lowest BCUT2D eigenvalue weighted by Crippen LogP contribution is -2.50. The Hall–Kier alpha value is -1.42. The minimum absolute atomic E-state index is 0.0877. The van der Waals surface area contributed by atoms with Crippen LogP contribution in [0, 0.1) is 0 Å². The highest BCUT2D eigenvalue weighted by Gasteiger charge is 2.34. The summed E-state index contributed by atoms with van der Waals surface area (Å²) in [6.45, 7) is 0. The first kappa shape index (κ1) is 8.19. The van der Waals surface area contributed by atoms with Gasteiger partial charge in [-0.1, -0.05) is 12.2 Å². The first-order valence-corrected chi connectivity index (χ1v) is 4.08. The van der Waals surface area contributed by atoms with E-state index < -0.39 is 12.1 Å². The maximum atomic E-state index is 11.3. The Labute approximate surface area is 75.1 Å². The molecule has 2 aliphatic heterocycles. The maximum Gasteiger partial charge on any atom is 0.230 e. The molecule has 0 saturated heterocycles. The van der Waals surface area contributed by atoms with Crippen LogP contribution in [0.3, 0.4) is 0 Å². The molecular weight excluding hydrogens is 170 g/mol. The third-order valence-corrected chi connectivity index (χ3v) is 2.25. The molecule has 0 fully saturated rings. The molecule has 0 aromatic heterocycles. The molecule has 13 heavy (non-hydrogen) atoms. The molecule has 0 spiro atoms. The summed E-state index contributed by atoms with van der Waals surface area (Å²) in [6.07, 6.45) is 5.27. The van der Waals surface area contributed by atoms with E-state index in [4.69, 9.17) is 0 Å². The molecule has 0 aromatic rings. The number of carbonyl (C=O) groups excluding carboxylic acids is 2. The smallest absolute Gasteiger partial charge is 0.230 e. The quantitative estimate of drug-likeness (QED) is 0.515. The second-order valence-electron chi connectivity index (χ2n) is 3.09. The molecule has 1 amide bonds. The van der Waals surface area contributed by atoms with Gasteiger partial charge in [-0.15, -0.1) is 0 Å². The van der Waals surface area contributed by atoms with Crippen molar-refractivity contribution in [2.24, 2.45) is 0 Å². The second kappa shape index (κ2) is 2.81. The van der Waals surface area contributed by atoms with Crippen molar-refractivity contribution in [3.05, 3.63) is 24.4 Å². The number of aliphatic hydroxyl groups is 1. The third kappa shape index (κ3) is 1.19. The van der Waals surface area contributed by atoms with Crippen LogP contribution in [0.15, 0.2) is 24.4 Å². The van der Waals surface area contributed by atoms with Crippen molar-refractivity contribution >= 4 is 11.7 Å². The summed E-state index contributed by atoms with van der Waals surface area (Å²) in [5.41, 5.74) is 0. The zero-order chi connectivity index (χ0) is 9.42. The molecular formula is C9H9NO3. The maximum absolute atomic E-state index is 11.3. The standard InChI is InChI=1S/C9H9NO3/c11-7-4-5-10-6(9(7)13)2-1-3-8(10)12/h1-2,4-6,9,13H,3H2/t6?,9-/m0/s1. The molecule has 2 aliphatic rings. The fourth-order valence-electron chi connectivity index (χ4n) is 1.53. The van der Waals surface area contributed by atoms with Gasteiger partial charge in [0.1, 0.15) is 6.10 Å². The molecule has 0 bridgehead atoms. The Bertz CT molecular complexity index is 319. The van der Waals surface area contributed by atoms with E-state index in [0.717, 1.165) is 0 Å². The number of nitrogens with zero attached hydrogens (tertiary/aromatic N) is 1. The second-order valence-corrected chi connectivity index (χ2v) is 3.09. The van der Waals surface area contributed by atoms with Gasteiger partial charge in [0.2, 0.25) is 5.91 Å². The zero-order valence-corrected chi connectivity index (χ0v) is 6.88. The predicted octanol–water partition coefficient (Wildman–Crippen LogP) is -0.399. The number of hydrogen-bond acceptors (Lipinski definition) is 3. The topological polar surface area (TPSA) is 57.6 Å². The van der Waals surface area contributed by atoms with Crippen LogP contribution in [0.25, 0.3) is 0 Å². The van der Waals surface area contributed by atoms with Crippen LogP contribution >= 0.6 is 0 Å². The van der Waals surface area contributed by atoms with E-state index in [-0.39, 0.29) is 11.7 Å². The number of aliphatic hydroxyl groups excluding tert-OH is 1. The van der Waals surface area contributed by atoms with Crippen LogP contribution in [0.4, 0.5) is 0 Å². The first-order valence-electron chi connectivity index (χ1n) is 4.08. The average Bonchev–Trinajstić information content (AvgIpc) is 2.12. The Morgan fingerprint density at radius 3 is 3.00 bits per heavy atom. The minimum atomic E-state index is -1.11. The summed E-state index contributed by atoms with van der Waals surface area (Å²) in [5.74, 6) is -0.434. The molecule has 1 N–H and O–H groups in total. The highest BCUT2D eigenvalue weighted by atomic mass is 16.3. The number of fused-ring (bicyclic) bond motifs is 1. The van der Waals surface area contributed by atoms with Gasteiger partial charge in [0.05, 0.1) is 6.04 Å². The molecule has 2 rings (SSSR count). The lowest BCUT2D eigenvalue weighted by atomic mass is 9.98. The van der Waals surface area contributed by atoms with Crippen molar-refractivity contribution in [3.8, 4) is 0 Å². The summed E-state index contributed by atoms with van der Waals surface area (Å²) in [7, 11) is 0. The van der Waals surface area contributed by atoms with Gasteiger partial charge in [0.15, 0.2) is 5.78 Å². The fraction of sp³-hybridized carbons (Fsp3) is 0.333. The average molecular weight is 179 g/mol. The lowest BCUT2D eigenvalue weighted by Gasteiger charge is -2.34. The number of amides is 1. The minimum Gasteiger partial charge on any atom is -0.382 e. The SMILES string of the molecule is O=C1C=CN2C(=O)CC=CC2[C@@H]1O. The molecule has 1 unspecified atom stereocenters. The van der Waals surface area contributed by atoms with E-state index >= 15 is 0 Å². The summed E-state index contributed by atoms with van der Waals surface area (Å²) in [5, 5.41) is 9.44. The van der Waals surface area contributed by atoms with Crippen LogP contribution in [-0.4, -0.2) is 33.8 Å². The molecule has 4 nitrogen and oxygen atoms in total. The van der Waals surface area contributed by atoms with Gasteiger partial charge in [0, 0.05) is 18.7 Å². The Morgan fingerprint density at radius 1 is 1.46 bits per heavy atom. The Balaban J connectivity index is 2.36. The Morgan fingerprint density at radius 2 is 2.23 bits per heavy atom. The van der Waals surface area contributed by atoms with Crippen LogP contribution < -0.4 is 0 Å². The summed E-state index contributed by atoms with van der Waals surface area (Å²) >= 11 is 0. The van der Waals surface area contributed by atoms with Gasteiger partial charge in [0.25, 0.3) is 0 Å². The van der Waals surface area contributed by atoms with Crippen molar-refractivity contribution in [1.82, 2.24) is 4.90 Å². The van der Waals surface area contributed by atoms with Gasteiger partial charge in [-0.3, -0.25) is 9.59 Å². The van der Waals surface area contributed by atoms with E-state index in [2.05, 4.69) is 0 Å². The van der Waals surface area contributed by atoms with Crippen molar-refractivity contribution in [2.75, 3.05) is 0 Å². The number of ketones is 1. The van der Waals surface area contributed by atoms with Crippen molar-refractivity contribution in [3.63, 3.8) is 0 Å². The summed E-state index contributed by atoms with van der Waals surface area (Å²) < 4.78 is 0. The Kier molecular flexibility index (Phi) is 1.77. The molecule has 4 heteroatoms. The van der Waals surface area contributed by atoms with E-state index in [9.17, 15) is 14.7 Å². The van der Waals surface area contributed by atoms with Crippen LogP contribution in [0.2, 0.25) is 0 Å². The van der Waals surface area contributed by atoms with E-state index in [1.54, 1.807) is 12.2 Å². The van der Waals surface area contributed by atoms with Crippen LogP contribution in [0.1, 0.15) is 6.42 Å². The first-order chi connectivity index (χ1) is 6.20. The molecule has 68 valence electrons. The number of rotatable bonds is 0. The highest BCUT2D eigenvalue weighted by Crippen LogP contribution is 2.19. The van der Waals surface area contributed by atoms with Gasteiger partial charge >= 0.3 is 0 Å². The highest BCUT2D eigenvalue weighted by molar-refractivity contribution is 5.97. The predicted molar refractivity (Wildman–Crippen MR) is 44.5 cm³/mol. The molecule has 0 aliphatic carbocycles. The van der Waals surface area contributed by atoms with Crippen molar-refractivity contribution in [2.45, 2.75) is 18.6 Å². The lowest BCUT2D eigenvalue weighted by molar-refractivity contribution is -0.135. The van der Waals surface area contributed by atoms with Crippen LogP contribution in [0.5, 0.6) is 0 Å². The molecule has 0 aromatic carbocycles. The molecule has 0 saturated carbocycles. The fourth-order valence-corrected chi connectivity index (χ4v) is 1.53. The normalized spacial score (nSPS) is 32.2. The molecule has 2 atom stereocenters. The number of carbonyl (C=O) groups is 2. The molecule has 2 heterocycles. The number of hydrogen-bond donors (Lipinski definition) is 1. The van der Waals surface area contributed by atoms with E-state index in [1.165, 1.54) is 17.2 Å². The third-order valence-electron chi connectivity index (χ3n) is 2.25.